The summed E-state index contributed by atoms with van der Waals surface area (Å²) in [7, 11) is 0. The number of carbonyl (C=O) groups is 1. The standard InChI is InChI=1S/C15H11N5O2/c16-9-2-4-13-12(6-9)19-15(22)20(13)14(21)8-1-3-10-11(5-8)18-7-17-10/h1-7H,16H2,(H,17,18)(H,19,22). The van der Waals surface area contributed by atoms with Gasteiger partial charge in [0.2, 0.25) is 0 Å². The van der Waals surface area contributed by atoms with Gasteiger partial charge in [0.15, 0.2) is 0 Å². The van der Waals surface area contributed by atoms with Gasteiger partial charge in [-0.15, -0.1) is 0 Å². The summed E-state index contributed by atoms with van der Waals surface area (Å²) in [6, 6.07) is 9.98. The first kappa shape index (κ1) is 12.4. The SMILES string of the molecule is Nc1ccc2c(c1)[nH]c(=O)n2C(=O)c1ccc2nc[nH]c2c1. The second-order valence-corrected chi connectivity index (χ2v) is 4.98. The molecule has 0 aliphatic carbocycles. The first-order valence-corrected chi connectivity index (χ1v) is 6.61. The average Bonchev–Trinajstić information content (AvgIpc) is 3.08. The molecule has 108 valence electrons. The molecule has 0 spiro atoms. The van der Waals surface area contributed by atoms with Crippen molar-refractivity contribution < 1.29 is 4.79 Å². The van der Waals surface area contributed by atoms with Crippen molar-refractivity contribution in [3.63, 3.8) is 0 Å². The molecule has 7 heteroatoms. The van der Waals surface area contributed by atoms with Crippen LogP contribution < -0.4 is 11.4 Å². The fourth-order valence-electron chi connectivity index (χ4n) is 2.53. The van der Waals surface area contributed by atoms with E-state index in [1.165, 1.54) is 0 Å². The van der Waals surface area contributed by atoms with Crippen molar-refractivity contribution in [2.75, 3.05) is 5.73 Å². The summed E-state index contributed by atoms with van der Waals surface area (Å²) in [6.07, 6.45) is 1.56. The van der Waals surface area contributed by atoms with E-state index in [1.807, 2.05) is 0 Å². The van der Waals surface area contributed by atoms with Crippen LogP contribution in [-0.2, 0) is 0 Å². The number of hydrogen-bond acceptors (Lipinski definition) is 4. The smallest absolute Gasteiger partial charge is 0.333 e. The van der Waals surface area contributed by atoms with Gasteiger partial charge in [-0.3, -0.25) is 4.79 Å². The molecule has 4 aromatic rings. The number of benzene rings is 2. The number of nitrogens with one attached hydrogen (secondary N) is 2. The van der Waals surface area contributed by atoms with Gasteiger partial charge in [-0.25, -0.2) is 14.3 Å². The molecule has 0 aliphatic rings. The van der Waals surface area contributed by atoms with Gasteiger partial charge in [-0.2, -0.15) is 0 Å². The van der Waals surface area contributed by atoms with E-state index in [0.29, 0.717) is 22.3 Å². The molecule has 22 heavy (non-hydrogen) atoms. The maximum absolute atomic E-state index is 12.7. The van der Waals surface area contributed by atoms with Crippen LogP contribution in [0.15, 0.2) is 47.5 Å². The van der Waals surface area contributed by atoms with Crippen LogP contribution in [0, 0.1) is 0 Å². The fraction of sp³-hybridized carbons (Fsp3) is 0. The van der Waals surface area contributed by atoms with Crippen LogP contribution in [0.1, 0.15) is 10.4 Å². The molecule has 0 fully saturated rings. The zero-order valence-electron chi connectivity index (χ0n) is 11.3. The number of nitrogen functional groups attached to an aromatic ring is 1. The molecule has 4 N–H and O–H groups in total. The van der Waals surface area contributed by atoms with Gasteiger partial charge in [-0.05, 0) is 36.4 Å². The zero-order valence-corrected chi connectivity index (χ0v) is 11.3. The average molecular weight is 293 g/mol. The molecule has 0 saturated carbocycles. The maximum atomic E-state index is 12.7. The van der Waals surface area contributed by atoms with Gasteiger partial charge in [0.1, 0.15) is 0 Å². The second-order valence-electron chi connectivity index (χ2n) is 4.98. The van der Waals surface area contributed by atoms with Crippen molar-refractivity contribution in [3.8, 4) is 0 Å². The van der Waals surface area contributed by atoms with E-state index < -0.39 is 11.6 Å². The zero-order chi connectivity index (χ0) is 15.3. The Bertz CT molecular complexity index is 1090. The summed E-state index contributed by atoms with van der Waals surface area (Å²) in [5.41, 5.74) is 8.64. The maximum Gasteiger partial charge on any atom is 0.333 e. The molecule has 2 aromatic carbocycles. The summed E-state index contributed by atoms with van der Waals surface area (Å²) >= 11 is 0. The highest BCUT2D eigenvalue weighted by Crippen LogP contribution is 2.17. The highest BCUT2D eigenvalue weighted by molar-refractivity contribution is 6.03. The Labute approximate surface area is 123 Å². The van der Waals surface area contributed by atoms with E-state index in [-0.39, 0.29) is 0 Å². The number of nitrogens with two attached hydrogens (primary N) is 1. The Morgan fingerprint density at radius 3 is 2.86 bits per heavy atom. The predicted molar refractivity (Wildman–Crippen MR) is 82.8 cm³/mol. The minimum atomic E-state index is -0.490. The summed E-state index contributed by atoms with van der Waals surface area (Å²) in [4.78, 5) is 34.5. The highest BCUT2D eigenvalue weighted by Gasteiger charge is 2.16. The van der Waals surface area contributed by atoms with Crippen LogP contribution in [0.2, 0.25) is 0 Å². The first-order chi connectivity index (χ1) is 10.6. The molecule has 0 radical (unpaired) electrons. The number of nitrogens with zero attached hydrogens (tertiary/aromatic N) is 2. The van der Waals surface area contributed by atoms with E-state index in [9.17, 15) is 9.59 Å². The highest BCUT2D eigenvalue weighted by atomic mass is 16.2. The minimum absolute atomic E-state index is 0.400. The van der Waals surface area contributed by atoms with Crippen LogP contribution in [0.3, 0.4) is 0 Å². The largest absolute Gasteiger partial charge is 0.399 e. The third-order valence-electron chi connectivity index (χ3n) is 3.58. The quantitative estimate of drug-likeness (QED) is 0.462. The van der Waals surface area contributed by atoms with Crippen molar-refractivity contribution in [1.82, 2.24) is 19.5 Å². The number of carbonyl (C=O) groups excluding carboxylic acids is 1. The Balaban J connectivity index is 1.92. The van der Waals surface area contributed by atoms with E-state index in [1.54, 1.807) is 42.7 Å². The van der Waals surface area contributed by atoms with Crippen molar-refractivity contribution in [2.45, 2.75) is 0 Å². The molecule has 2 aromatic heterocycles. The summed E-state index contributed by atoms with van der Waals surface area (Å²) < 4.78 is 1.10. The number of H-pyrrole nitrogens is 2. The monoisotopic (exact) mass is 293 g/mol. The first-order valence-electron chi connectivity index (χ1n) is 6.61. The van der Waals surface area contributed by atoms with Crippen molar-refractivity contribution >= 4 is 33.7 Å². The van der Waals surface area contributed by atoms with Gasteiger partial charge in [-0.1, -0.05) is 0 Å². The normalized spacial score (nSPS) is 11.3. The minimum Gasteiger partial charge on any atom is -0.399 e. The molecule has 0 bridgehead atoms. The molecule has 4 rings (SSSR count). The Morgan fingerprint density at radius 2 is 2.00 bits per heavy atom. The summed E-state index contributed by atoms with van der Waals surface area (Å²) in [5.74, 6) is -0.405. The van der Waals surface area contributed by atoms with E-state index in [0.717, 1.165) is 15.6 Å². The van der Waals surface area contributed by atoms with Gasteiger partial charge in [0.05, 0.1) is 28.4 Å². The number of aromatic nitrogens is 4. The molecular weight excluding hydrogens is 282 g/mol. The van der Waals surface area contributed by atoms with Gasteiger partial charge >= 0.3 is 5.69 Å². The van der Waals surface area contributed by atoms with Crippen LogP contribution in [0.5, 0.6) is 0 Å². The van der Waals surface area contributed by atoms with E-state index >= 15 is 0 Å². The molecule has 2 heterocycles. The Hall–Kier alpha value is -3.35. The number of hydrogen-bond donors (Lipinski definition) is 3. The van der Waals surface area contributed by atoms with Crippen LogP contribution in [-0.4, -0.2) is 25.4 Å². The predicted octanol–water partition coefficient (Wildman–Crippen LogP) is 1.48. The summed E-state index contributed by atoms with van der Waals surface area (Å²) in [6.45, 7) is 0. The van der Waals surface area contributed by atoms with E-state index in [2.05, 4.69) is 15.0 Å². The third kappa shape index (κ3) is 1.72. The molecule has 7 nitrogen and oxygen atoms in total. The number of rotatable bonds is 1. The number of anilines is 1. The second kappa shape index (κ2) is 4.32. The van der Waals surface area contributed by atoms with Gasteiger partial charge in [0, 0.05) is 11.3 Å². The van der Waals surface area contributed by atoms with Crippen molar-refractivity contribution in [1.29, 1.82) is 0 Å². The van der Waals surface area contributed by atoms with Gasteiger partial charge < -0.3 is 15.7 Å². The number of fused-ring (bicyclic) bond motifs is 2. The van der Waals surface area contributed by atoms with E-state index in [4.69, 9.17) is 5.73 Å². The van der Waals surface area contributed by atoms with Crippen LogP contribution in [0.4, 0.5) is 5.69 Å². The lowest BCUT2D eigenvalue weighted by atomic mass is 10.2. The Kier molecular flexibility index (Phi) is 2.43. The molecule has 0 atom stereocenters. The molecule has 0 saturated heterocycles. The Morgan fingerprint density at radius 1 is 1.14 bits per heavy atom. The molecule has 0 amide bonds. The van der Waals surface area contributed by atoms with Crippen LogP contribution >= 0.6 is 0 Å². The van der Waals surface area contributed by atoms with Crippen molar-refractivity contribution in [2.24, 2.45) is 0 Å². The van der Waals surface area contributed by atoms with Gasteiger partial charge in [0.25, 0.3) is 5.91 Å². The fourth-order valence-corrected chi connectivity index (χ4v) is 2.53. The lowest BCUT2D eigenvalue weighted by Crippen LogP contribution is -2.24. The third-order valence-corrected chi connectivity index (χ3v) is 3.58. The van der Waals surface area contributed by atoms with Crippen LogP contribution in [0.25, 0.3) is 22.1 Å². The molecule has 0 unspecified atom stereocenters. The molecular formula is C15H11N5O2. The number of imidazole rings is 2. The topological polar surface area (TPSA) is 110 Å². The lowest BCUT2D eigenvalue weighted by Gasteiger charge is -2.03. The number of aromatic amines is 2. The lowest BCUT2D eigenvalue weighted by molar-refractivity contribution is 0.0961. The summed E-state index contributed by atoms with van der Waals surface area (Å²) in [5, 5.41) is 0. The van der Waals surface area contributed by atoms with Crippen molar-refractivity contribution in [3.05, 3.63) is 58.8 Å². The molecule has 0 aliphatic heterocycles.